The van der Waals surface area contributed by atoms with Crippen LogP contribution >= 0.6 is 0 Å². The second kappa shape index (κ2) is 22.6. The van der Waals surface area contributed by atoms with Gasteiger partial charge in [0.15, 0.2) is 28.8 Å². The highest BCUT2D eigenvalue weighted by Gasteiger charge is 2.17. The quantitative estimate of drug-likeness (QED) is 0.0237. The first kappa shape index (κ1) is 38.3. The Morgan fingerprint density at radius 1 is 0.745 bits per heavy atom. The van der Waals surface area contributed by atoms with Crippen molar-refractivity contribution >= 4 is 23.6 Å². The minimum Gasteiger partial charge on any atom is -0.504 e. The molecule has 3 N–H and O–H groups in total. The number of carbonyl (C=O) groups excluding carboxylic acids is 3. The van der Waals surface area contributed by atoms with E-state index in [-0.39, 0.29) is 41.6 Å². The highest BCUT2D eigenvalue weighted by atomic mass is 16.5. The Kier molecular flexibility index (Phi) is 18.4. The first-order valence-corrected chi connectivity index (χ1v) is 16.2. The number of rotatable bonds is 21. The number of allylic oxidation sites excluding steroid dienone is 11. The van der Waals surface area contributed by atoms with Crippen LogP contribution in [0, 0.1) is 5.92 Å². The van der Waals surface area contributed by atoms with Gasteiger partial charge in [0.25, 0.3) is 0 Å². The molecule has 7 nitrogen and oxygen atoms in total. The Morgan fingerprint density at radius 3 is 1.96 bits per heavy atom. The van der Waals surface area contributed by atoms with Crippen molar-refractivity contribution in [3.8, 4) is 23.0 Å². The van der Waals surface area contributed by atoms with Crippen molar-refractivity contribution in [2.75, 3.05) is 0 Å². The molecular formula is C40H48O7. The molecule has 47 heavy (non-hydrogen) atoms. The smallest absolute Gasteiger partial charge is 0.311 e. The van der Waals surface area contributed by atoms with Crippen LogP contribution in [0.25, 0.3) is 6.08 Å². The van der Waals surface area contributed by atoms with Crippen molar-refractivity contribution < 1.29 is 34.4 Å². The lowest BCUT2D eigenvalue weighted by atomic mass is 9.94. The Hall–Kier alpha value is -4.91. The standard InChI is InChI=1S/C40H48O7/c1-3-4-5-6-7-8-9-10-11-12-13-14-15-16-17-18-19-20-40(46)47-39-26-23-32(28-38(39)45)21-24-34(41)30-36(43)31(2)27-33-22-25-35(42)37(44)29-33/h4-5,7-8,10-11,13-14,16-17,21-26,28-29,31,42,44-45H,3,6,9,12,15,18-20,27,30H2,1-2H3/b5-4-,8-7-,11-10-,14-13-,17-16-,24-21+. The van der Waals surface area contributed by atoms with Crippen molar-refractivity contribution in [1.29, 1.82) is 0 Å². The van der Waals surface area contributed by atoms with Crippen LogP contribution < -0.4 is 4.74 Å². The number of benzene rings is 2. The van der Waals surface area contributed by atoms with Crippen LogP contribution in [0.1, 0.15) is 82.8 Å². The molecule has 2 aromatic rings. The van der Waals surface area contributed by atoms with Crippen molar-refractivity contribution in [3.63, 3.8) is 0 Å². The first-order chi connectivity index (χ1) is 22.7. The number of phenols is 3. The van der Waals surface area contributed by atoms with Gasteiger partial charge in [-0.3, -0.25) is 14.4 Å². The lowest BCUT2D eigenvalue weighted by Gasteiger charge is -2.10. The molecule has 2 rings (SSSR count). The molecule has 0 aliphatic heterocycles. The van der Waals surface area contributed by atoms with Gasteiger partial charge in [0.05, 0.1) is 6.42 Å². The molecule has 0 saturated heterocycles. The third-order valence-electron chi connectivity index (χ3n) is 7.06. The lowest BCUT2D eigenvalue weighted by molar-refractivity contribution is -0.134. The summed E-state index contributed by atoms with van der Waals surface area (Å²) in [7, 11) is 0. The van der Waals surface area contributed by atoms with Crippen molar-refractivity contribution in [1.82, 2.24) is 0 Å². The number of Topliss-reactive ketones (excluding diaryl/α,β-unsaturated/α-hetero) is 1. The summed E-state index contributed by atoms with van der Waals surface area (Å²) in [5.41, 5.74) is 1.18. The fourth-order valence-electron chi connectivity index (χ4n) is 4.39. The van der Waals surface area contributed by atoms with Gasteiger partial charge in [-0.05, 0) is 92.8 Å². The molecule has 7 heteroatoms. The van der Waals surface area contributed by atoms with E-state index in [1.807, 2.05) is 6.08 Å². The highest BCUT2D eigenvalue weighted by Crippen LogP contribution is 2.28. The first-order valence-electron chi connectivity index (χ1n) is 16.2. The molecule has 0 heterocycles. The molecule has 0 aromatic heterocycles. The third-order valence-corrected chi connectivity index (χ3v) is 7.06. The summed E-state index contributed by atoms with van der Waals surface area (Å²) in [6.45, 7) is 3.83. The molecule has 0 radical (unpaired) electrons. The van der Waals surface area contributed by atoms with Crippen LogP contribution in [0.15, 0.2) is 103 Å². The summed E-state index contributed by atoms with van der Waals surface area (Å²) in [5, 5.41) is 29.4. The van der Waals surface area contributed by atoms with E-state index in [1.165, 1.54) is 36.4 Å². The maximum absolute atomic E-state index is 12.5. The van der Waals surface area contributed by atoms with E-state index < -0.39 is 17.7 Å². The highest BCUT2D eigenvalue weighted by molar-refractivity contribution is 6.06. The fourth-order valence-corrected chi connectivity index (χ4v) is 4.39. The Bertz CT molecular complexity index is 1470. The summed E-state index contributed by atoms with van der Waals surface area (Å²) < 4.78 is 5.29. The molecule has 0 aliphatic carbocycles. The van der Waals surface area contributed by atoms with Gasteiger partial charge in [0, 0.05) is 12.3 Å². The number of phenolic OH excluding ortho intramolecular Hbond substituents is 3. The van der Waals surface area contributed by atoms with Crippen molar-refractivity contribution in [2.45, 2.75) is 78.1 Å². The Morgan fingerprint density at radius 2 is 1.36 bits per heavy atom. The van der Waals surface area contributed by atoms with E-state index in [4.69, 9.17) is 4.74 Å². The van der Waals surface area contributed by atoms with Crippen LogP contribution in [-0.4, -0.2) is 32.9 Å². The molecule has 250 valence electrons. The van der Waals surface area contributed by atoms with Crippen LogP contribution in [0.2, 0.25) is 0 Å². The van der Waals surface area contributed by atoms with Gasteiger partial charge in [-0.1, -0.05) is 92.8 Å². The Labute approximate surface area is 279 Å². The van der Waals surface area contributed by atoms with Gasteiger partial charge in [-0.25, -0.2) is 0 Å². The number of carbonyl (C=O) groups is 3. The number of hydrogen-bond donors (Lipinski definition) is 3. The summed E-state index contributed by atoms with van der Waals surface area (Å²) in [4.78, 5) is 37.1. The number of esters is 1. The average Bonchev–Trinajstić information content (AvgIpc) is 3.04. The van der Waals surface area contributed by atoms with Crippen molar-refractivity contribution in [3.05, 3.63) is 114 Å². The van der Waals surface area contributed by atoms with E-state index in [2.05, 4.69) is 61.6 Å². The van der Waals surface area contributed by atoms with Gasteiger partial charge in [0.2, 0.25) is 0 Å². The average molecular weight is 641 g/mol. The van der Waals surface area contributed by atoms with Crippen molar-refractivity contribution in [2.24, 2.45) is 5.92 Å². The SMILES string of the molecule is CC/C=C\C/C=C\C/C=C\C/C=C\C/C=C\CCCC(=O)Oc1ccc(/C=C/C(=O)CC(=O)C(C)Cc2ccc(O)c(O)c2)cc1O. The zero-order valence-corrected chi connectivity index (χ0v) is 27.5. The predicted octanol–water partition coefficient (Wildman–Crippen LogP) is 9.05. The minimum absolute atomic E-state index is 0.0395. The molecule has 0 spiro atoms. The predicted molar refractivity (Wildman–Crippen MR) is 188 cm³/mol. The number of ketones is 2. The van der Waals surface area contributed by atoms with E-state index in [1.54, 1.807) is 19.1 Å². The number of unbranched alkanes of at least 4 members (excludes halogenated alkanes) is 1. The fraction of sp³-hybridized carbons (Fsp3) is 0.325. The van der Waals surface area contributed by atoms with E-state index in [0.29, 0.717) is 24.0 Å². The van der Waals surface area contributed by atoms with Crippen LogP contribution in [-0.2, 0) is 20.8 Å². The van der Waals surface area contributed by atoms with Crippen LogP contribution in [0.5, 0.6) is 23.0 Å². The van der Waals surface area contributed by atoms with Gasteiger partial charge in [-0.2, -0.15) is 0 Å². The zero-order valence-electron chi connectivity index (χ0n) is 27.5. The molecule has 1 unspecified atom stereocenters. The molecule has 0 bridgehead atoms. The zero-order chi connectivity index (χ0) is 34.3. The molecule has 0 saturated carbocycles. The molecule has 0 amide bonds. The van der Waals surface area contributed by atoms with E-state index >= 15 is 0 Å². The summed E-state index contributed by atoms with van der Waals surface area (Å²) >= 11 is 0. The number of ether oxygens (including phenoxy) is 1. The largest absolute Gasteiger partial charge is 0.504 e. The molecule has 0 aliphatic rings. The summed E-state index contributed by atoms with van der Waals surface area (Å²) in [6, 6.07) is 8.80. The maximum atomic E-state index is 12.5. The van der Waals surface area contributed by atoms with Gasteiger partial charge in [0.1, 0.15) is 5.78 Å². The summed E-state index contributed by atoms with van der Waals surface area (Å²) in [6.07, 6.45) is 30.5. The minimum atomic E-state index is -0.457. The Balaban J connectivity index is 1.64. The summed E-state index contributed by atoms with van der Waals surface area (Å²) in [5.74, 6) is -2.23. The number of aromatic hydroxyl groups is 3. The molecule has 0 fully saturated rings. The molecule has 2 aromatic carbocycles. The van der Waals surface area contributed by atoms with Crippen LogP contribution in [0.3, 0.4) is 0 Å². The molecular weight excluding hydrogens is 592 g/mol. The second-order valence-corrected chi connectivity index (χ2v) is 11.2. The normalized spacial score (nSPS) is 12.8. The topological polar surface area (TPSA) is 121 Å². The molecule has 1 atom stereocenters. The maximum Gasteiger partial charge on any atom is 0.311 e. The van der Waals surface area contributed by atoms with E-state index in [0.717, 1.165) is 38.5 Å². The third kappa shape index (κ3) is 16.8. The lowest BCUT2D eigenvalue weighted by Crippen LogP contribution is -2.16. The van der Waals surface area contributed by atoms with E-state index in [9.17, 15) is 29.7 Å². The van der Waals surface area contributed by atoms with Gasteiger partial charge < -0.3 is 20.1 Å². The van der Waals surface area contributed by atoms with Gasteiger partial charge in [-0.15, -0.1) is 0 Å². The second-order valence-electron chi connectivity index (χ2n) is 11.2. The number of hydrogen-bond acceptors (Lipinski definition) is 7. The monoisotopic (exact) mass is 640 g/mol. The van der Waals surface area contributed by atoms with Crippen LogP contribution in [0.4, 0.5) is 0 Å². The van der Waals surface area contributed by atoms with Gasteiger partial charge >= 0.3 is 5.97 Å².